The van der Waals surface area contributed by atoms with Gasteiger partial charge in [-0.2, -0.15) is 10.2 Å². The first-order chi connectivity index (χ1) is 6.20. The molecule has 0 radical (unpaired) electrons. The van der Waals surface area contributed by atoms with E-state index in [0.717, 1.165) is 0 Å². The van der Waals surface area contributed by atoms with E-state index in [1.54, 1.807) is 12.1 Å². The van der Waals surface area contributed by atoms with Crippen LogP contribution in [0.25, 0.3) is 0 Å². The molecule has 0 spiro atoms. The molecule has 0 aliphatic carbocycles. The number of carboxylic acid groups (broad SMARTS) is 1. The lowest BCUT2D eigenvalue weighted by atomic mass is 10.4. The highest BCUT2D eigenvalue weighted by molar-refractivity contribution is 6.31. The Morgan fingerprint density at radius 2 is 2.31 bits per heavy atom. The average Bonchev–Trinajstić information content (AvgIpc) is 2.15. The van der Waals surface area contributed by atoms with Crippen LogP contribution in [-0.2, 0) is 16.1 Å². The second-order valence-electron chi connectivity index (χ2n) is 2.20. The lowest BCUT2D eigenvalue weighted by Gasteiger charge is -1.99. The molecule has 0 saturated heterocycles. The minimum Gasteiger partial charge on any atom is -0.474 e. The Kier molecular flexibility index (Phi) is 2.91. The van der Waals surface area contributed by atoms with E-state index in [1.807, 2.05) is 0 Å². The largest absolute Gasteiger partial charge is 0.474 e. The smallest absolute Gasteiger partial charge is 0.394 e. The molecule has 0 fully saturated rings. The Bertz CT molecular complexity index is 312. The SMILES string of the molecule is O=C(O)C(=O)NCc1cccnn1. The molecule has 68 valence electrons. The molecule has 2 N–H and O–H groups in total. The van der Waals surface area contributed by atoms with Crippen molar-refractivity contribution in [2.45, 2.75) is 6.54 Å². The van der Waals surface area contributed by atoms with E-state index in [4.69, 9.17) is 5.11 Å². The minimum atomic E-state index is -1.51. The summed E-state index contributed by atoms with van der Waals surface area (Å²) in [6.07, 6.45) is 1.49. The zero-order chi connectivity index (χ0) is 9.68. The van der Waals surface area contributed by atoms with Gasteiger partial charge in [0.25, 0.3) is 0 Å². The van der Waals surface area contributed by atoms with Crippen LogP contribution >= 0.6 is 0 Å². The molecule has 0 atom stereocenters. The highest BCUT2D eigenvalue weighted by Gasteiger charge is 2.09. The molecule has 1 heterocycles. The van der Waals surface area contributed by atoms with Crippen molar-refractivity contribution in [3.63, 3.8) is 0 Å². The van der Waals surface area contributed by atoms with Crippen molar-refractivity contribution in [2.24, 2.45) is 0 Å². The van der Waals surface area contributed by atoms with Gasteiger partial charge in [0.2, 0.25) is 0 Å². The van der Waals surface area contributed by atoms with Gasteiger partial charge in [-0.25, -0.2) is 4.79 Å². The number of nitrogens with zero attached hydrogens (tertiary/aromatic N) is 2. The maximum absolute atomic E-state index is 10.6. The number of carbonyl (C=O) groups is 2. The standard InChI is InChI=1S/C7H7N3O3/c11-6(7(12)13)8-4-5-2-1-3-9-10-5/h1-3H,4H2,(H,8,11)(H,12,13). The van der Waals surface area contributed by atoms with Crippen LogP contribution in [0.2, 0.25) is 0 Å². The van der Waals surface area contributed by atoms with E-state index in [2.05, 4.69) is 15.5 Å². The van der Waals surface area contributed by atoms with Crippen molar-refractivity contribution in [1.29, 1.82) is 0 Å². The summed E-state index contributed by atoms with van der Waals surface area (Å²) in [5, 5.41) is 17.6. The number of hydrogen-bond donors (Lipinski definition) is 2. The second kappa shape index (κ2) is 4.15. The number of aliphatic carboxylic acids is 1. The van der Waals surface area contributed by atoms with Gasteiger partial charge in [0.1, 0.15) is 0 Å². The van der Waals surface area contributed by atoms with Gasteiger partial charge < -0.3 is 10.4 Å². The van der Waals surface area contributed by atoms with Crippen molar-refractivity contribution >= 4 is 11.9 Å². The van der Waals surface area contributed by atoms with Crippen molar-refractivity contribution < 1.29 is 14.7 Å². The van der Waals surface area contributed by atoms with Gasteiger partial charge in [0, 0.05) is 6.20 Å². The Morgan fingerprint density at radius 3 is 2.85 bits per heavy atom. The van der Waals surface area contributed by atoms with Gasteiger partial charge in [-0.05, 0) is 12.1 Å². The summed E-state index contributed by atoms with van der Waals surface area (Å²) in [4.78, 5) is 20.6. The highest BCUT2D eigenvalue weighted by atomic mass is 16.4. The van der Waals surface area contributed by atoms with E-state index in [0.29, 0.717) is 5.69 Å². The third-order valence-electron chi connectivity index (χ3n) is 1.25. The molecule has 1 aromatic rings. The first-order valence-electron chi connectivity index (χ1n) is 3.48. The molecule has 6 nitrogen and oxygen atoms in total. The fourth-order valence-corrected chi connectivity index (χ4v) is 0.674. The quantitative estimate of drug-likeness (QED) is 0.581. The number of carboxylic acids is 1. The molecular weight excluding hydrogens is 174 g/mol. The molecule has 6 heteroatoms. The molecule has 1 amide bonds. The van der Waals surface area contributed by atoms with E-state index in [1.165, 1.54) is 6.20 Å². The molecule has 1 aromatic heterocycles. The number of amides is 1. The third-order valence-corrected chi connectivity index (χ3v) is 1.25. The molecule has 0 aromatic carbocycles. The van der Waals surface area contributed by atoms with E-state index in [-0.39, 0.29) is 6.54 Å². The predicted molar refractivity (Wildman–Crippen MR) is 41.5 cm³/mol. The normalized spacial score (nSPS) is 9.23. The van der Waals surface area contributed by atoms with Crippen LogP contribution in [0.3, 0.4) is 0 Å². The van der Waals surface area contributed by atoms with Gasteiger partial charge in [-0.3, -0.25) is 4.79 Å². The topological polar surface area (TPSA) is 92.2 Å². The second-order valence-corrected chi connectivity index (χ2v) is 2.20. The van der Waals surface area contributed by atoms with Gasteiger partial charge in [-0.15, -0.1) is 0 Å². The summed E-state index contributed by atoms with van der Waals surface area (Å²) in [6.45, 7) is 0.0684. The average molecular weight is 181 g/mol. The van der Waals surface area contributed by atoms with E-state index >= 15 is 0 Å². The molecule has 13 heavy (non-hydrogen) atoms. The fourth-order valence-electron chi connectivity index (χ4n) is 0.674. The summed E-state index contributed by atoms with van der Waals surface area (Å²) >= 11 is 0. The summed E-state index contributed by atoms with van der Waals surface area (Å²) in [5.41, 5.74) is 0.511. The van der Waals surface area contributed by atoms with Crippen LogP contribution in [0.4, 0.5) is 0 Å². The number of carbonyl (C=O) groups excluding carboxylic acids is 1. The number of rotatable bonds is 2. The Hall–Kier alpha value is -1.98. The van der Waals surface area contributed by atoms with Crippen molar-refractivity contribution in [3.05, 3.63) is 24.0 Å². The summed E-state index contributed by atoms with van der Waals surface area (Å²) < 4.78 is 0. The maximum Gasteiger partial charge on any atom is 0.394 e. The molecular formula is C7H7N3O3. The van der Waals surface area contributed by atoms with Crippen LogP contribution < -0.4 is 5.32 Å². The van der Waals surface area contributed by atoms with Crippen LogP contribution in [0.15, 0.2) is 18.3 Å². The summed E-state index contributed by atoms with van der Waals surface area (Å²) in [7, 11) is 0. The van der Waals surface area contributed by atoms with E-state index < -0.39 is 11.9 Å². The molecule has 1 rings (SSSR count). The Labute approximate surface area is 73.6 Å². The highest BCUT2D eigenvalue weighted by Crippen LogP contribution is 1.88. The summed E-state index contributed by atoms with van der Waals surface area (Å²) in [6, 6.07) is 3.28. The van der Waals surface area contributed by atoms with Gasteiger partial charge in [0.15, 0.2) is 0 Å². The predicted octanol–water partition coefficient (Wildman–Crippen LogP) is -0.823. The number of hydrogen-bond acceptors (Lipinski definition) is 4. The first-order valence-corrected chi connectivity index (χ1v) is 3.48. The minimum absolute atomic E-state index is 0.0684. The van der Waals surface area contributed by atoms with Crippen LogP contribution in [-0.4, -0.2) is 27.2 Å². The lowest BCUT2D eigenvalue weighted by molar-refractivity contribution is -0.150. The van der Waals surface area contributed by atoms with Crippen LogP contribution in [0.5, 0.6) is 0 Å². The zero-order valence-corrected chi connectivity index (χ0v) is 6.60. The Morgan fingerprint density at radius 1 is 1.54 bits per heavy atom. The number of aromatic nitrogens is 2. The maximum atomic E-state index is 10.6. The van der Waals surface area contributed by atoms with Gasteiger partial charge in [0.05, 0.1) is 12.2 Å². The first kappa shape index (κ1) is 9.11. The molecule has 0 aliphatic heterocycles. The molecule has 0 aliphatic rings. The Balaban J connectivity index is 2.44. The van der Waals surface area contributed by atoms with Crippen LogP contribution in [0.1, 0.15) is 5.69 Å². The molecule has 0 unspecified atom stereocenters. The van der Waals surface area contributed by atoms with Gasteiger partial charge >= 0.3 is 11.9 Å². The molecule has 0 saturated carbocycles. The third kappa shape index (κ3) is 2.86. The van der Waals surface area contributed by atoms with Crippen molar-refractivity contribution in [1.82, 2.24) is 15.5 Å². The van der Waals surface area contributed by atoms with E-state index in [9.17, 15) is 9.59 Å². The summed E-state index contributed by atoms with van der Waals surface area (Å²) in [5.74, 6) is -2.56. The zero-order valence-electron chi connectivity index (χ0n) is 6.60. The van der Waals surface area contributed by atoms with Crippen molar-refractivity contribution in [3.8, 4) is 0 Å². The molecule has 0 bridgehead atoms. The number of nitrogens with one attached hydrogen (secondary N) is 1. The monoisotopic (exact) mass is 181 g/mol. The lowest BCUT2D eigenvalue weighted by Crippen LogP contribution is -2.30. The van der Waals surface area contributed by atoms with Gasteiger partial charge in [-0.1, -0.05) is 0 Å². The van der Waals surface area contributed by atoms with Crippen LogP contribution in [0, 0.1) is 0 Å². The fraction of sp³-hybridized carbons (Fsp3) is 0.143. The van der Waals surface area contributed by atoms with Crippen molar-refractivity contribution in [2.75, 3.05) is 0 Å².